The summed E-state index contributed by atoms with van der Waals surface area (Å²) in [6.07, 6.45) is 7.61. The van der Waals surface area contributed by atoms with Gasteiger partial charge < -0.3 is 5.11 Å². The molecule has 6 nitrogen and oxygen atoms in total. The third-order valence-electron chi connectivity index (χ3n) is 6.20. The van der Waals surface area contributed by atoms with Gasteiger partial charge in [-0.25, -0.2) is 13.1 Å². The third-order valence-corrected chi connectivity index (χ3v) is 7.66. The van der Waals surface area contributed by atoms with Gasteiger partial charge >= 0.3 is 5.97 Å². The number of sulfonamides is 1. The predicted octanol–water partition coefficient (Wildman–Crippen LogP) is 3.38. The molecule has 2 N–H and O–H groups in total. The van der Waals surface area contributed by atoms with Gasteiger partial charge in [0.1, 0.15) is 0 Å². The summed E-state index contributed by atoms with van der Waals surface area (Å²) in [7, 11) is -3.67. The van der Waals surface area contributed by atoms with Gasteiger partial charge in [-0.3, -0.25) is 9.78 Å². The van der Waals surface area contributed by atoms with Crippen LogP contribution in [0.5, 0.6) is 0 Å². The summed E-state index contributed by atoms with van der Waals surface area (Å²) in [5.41, 5.74) is 1.72. The Hall–Kier alpha value is -2.25. The van der Waals surface area contributed by atoms with E-state index in [0.29, 0.717) is 19.3 Å². The van der Waals surface area contributed by atoms with E-state index in [4.69, 9.17) is 0 Å². The standard InChI is InChI=1S/C22H26N2O4S/c25-21(26)22(11-12-22)20-9-8-18(15-19(20)16-5-1-2-6-16)29(27,28)24-14-10-17-7-3-4-13-23-17/h3-4,7-9,13,15-16,24H,1-2,5-6,10-12,14H2,(H,25,26). The lowest BCUT2D eigenvalue weighted by molar-refractivity contribution is -0.140. The van der Waals surface area contributed by atoms with Crippen molar-refractivity contribution in [2.45, 2.75) is 61.2 Å². The summed E-state index contributed by atoms with van der Waals surface area (Å²) >= 11 is 0. The molecule has 7 heteroatoms. The largest absolute Gasteiger partial charge is 0.481 e. The lowest BCUT2D eigenvalue weighted by Crippen LogP contribution is -2.27. The fourth-order valence-electron chi connectivity index (χ4n) is 4.38. The number of aliphatic carboxylic acids is 1. The number of rotatable bonds is 8. The zero-order valence-corrected chi connectivity index (χ0v) is 17.1. The Balaban J connectivity index is 1.58. The number of carboxylic acid groups (broad SMARTS) is 1. The number of carbonyl (C=O) groups is 1. The molecule has 0 spiro atoms. The van der Waals surface area contributed by atoms with Crippen LogP contribution in [0.15, 0.2) is 47.5 Å². The summed E-state index contributed by atoms with van der Waals surface area (Å²) in [6.45, 7) is 0.263. The van der Waals surface area contributed by atoms with Gasteiger partial charge in [-0.15, -0.1) is 0 Å². The van der Waals surface area contributed by atoms with Crippen molar-refractivity contribution >= 4 is 16.0 Å². The van der Waals surface area contributed by atoms with Gasteiger partial charge in [0.05, 0.1) is 10.3 Å². The first kappa shape index (κ1) is 20.0. The minimum atomic E-state index is -3.67. The predicted molar refractivity (Wildman–Crippen MR) is 109 cm³/mol. The van der Waals surface area contributed by atoms with E-state index in [1.165, 1.54) is 0 Å². The normalized spacial score (nSPS) is 18.6. The number of pyridine rings is 1. The molecular weight excluding hydrogens is 388 g/mol. The second-order valence-electron chi connectivity index (χ2n) is 8.09. The molecular formula is C22H26N2O4S. The van der Waals surface area contributed by atoms with Crippen molar-refractivity contribution in [1.82, 2.24) is 9.71 Å². The van der Waals surface area contributed by atoms with Gasteiger partial charge in [-0.05, 0) is 67.0 Å². The van der Waals surface area contributed by atoms with Crippen molar-refractivity contribution in [3.8, 4) is 0 Å². The zero-order chi connectivity index (χ0) is 20.5. The number of aromatic nitrogens is 1. The van der Waals surface area contributed by atoms with Gasteiger partial charge in [-0.1, -0.05) is 25.0 Å². The number of carboxylic acids is 1. The summed E-state index contributed by atoms with van der Waals surface area (Å²) in [5, 5.41) is 9.74. The summed E-state index contributed by atoms with van der Waals surface area (Å²) < 4.78 is 28.4. The topological polar surface area (TPSA) is 96.4 Å². The van der Waals surface area contributed by atoms with E-state index in [9.17, 15) is 18.3 Å². The fraction of sp³-hybridized carbons (Fsp3) is 0.455. The Kier molecular flexibility index (Phi) is 5.44. The first-order chi connectivity index (χ1) is 13.9. The summed E-state index contributed by atoms with van der Waals surface area (Å²) in [5.74, 6) is -0.564. The lowest BCUT2D eigenvalue weighted by atomic mass is 9.84. The minimum absolute atomic E-state index is 0.213. The van der Waals surface area contributed by atoms with E-state index in [1.54, 1.807) is 24.4 Å². The highest BCUT2D eigenvalue weighted by molar-refractivity contribution is 7.89. The van der Waals surface area contributed by atoms with Gasteiger partial charge in [-0.2, -0.15) is 0 Å². The highest BCUT2D eigenvalue weighted by Gasteiger charge is 2.53. The second-order valence-corrected chi connectivity index (χ2v) is 9.85. The first-order valence-electron chi connectivity index (χ1n) is 10.2. The molecule has 2 fully saturated rings. The molecule has 1 aromatic carbocycles. The first-order valence-corrected chi connectivity index (χ1v) is 11.7. The number of hydrogen-bond donors (Lipinski definition) is 2. The molecule has 0 atom stereocenters. The number of nitrogens with one attached hydrogen (secondary N) is 1. The molecule has 0 saturated heterocycles. The summed E-state index contributed by atoms with van der Waals surface area (Å²) in [4.78, 5) is 16.3. The fourth-order valence-corrected chi connectivity index (χ4v) is 5.45. The minimum Gasteiger partial charge on any atom is -0.481 e. The highest BCUT2D eigenvalue weighted by atomic mass is 32.2. The van der Waals surface area contributed by atoms with Crippen LogP contribution in [0.1, 0.15) is 61.3 Å². The molecule has 29 heavy (non-hydrogen) atoms. The maximum absolute atomic E-state index is 12.9. The van der Waals surface area contributed by atoms with Gasteiger partial charge in [0, 0.05) is 24.9 Å². The van der Waals surface area contributed by atoms with Crippen LogP contribution in [0.3, 0.4) is 0 Å². The van der Waals surface area contributed by atoms with E-state index >= 15 is 0 Å². The Morgan fingerprint density at radius 1 is 1.17 bits per heavy atom. The SMILES string of the molecule is O=C(O)C1(c2ccc(S(=O)(=O)NCCc3ccccn3)cc2C2CCCC2)CC1. The van der Waals surface area contributed by atoms with Crippen molar-refractivity contribution < 1.29 is 18.3 Å². The van der Waals surface area contributed by atoms with Crippen LogP contribution in [-0.2, 0) is 26.7 Å². The van der Waals surface area contributed by atoms with E-state index in [2.05, 4.69) is 9.71 Å². The number of hydrogen-bond acceptors (Lipinski definition) is 4. The molecule has 1 aromatic heterocycles. The number of benzene rings is 1. The molecule has 2 aliphatic carbocycles. The average Bonchev–Trinajstić information content (AvgIpc) is 3.35. The van der Waals surface area contributed by atoms with Gasteiger partial charge in [0.2, 0.25) is 10.0 Å². The Morgan fingerprint density at radius 2 is 1.93 bits per heavy atom. The van der Waals surface area contributed by atoms with Crippen molar-refractivity contribution in [1.29, 1.82) is 0 Å². The molecule has 2 saturated carbocycles. The molecule has 0 aliphatic heterocycles. The van der Waals surface area contributed by atoms with Crippen LogP contribution in [0.25, 0.3) is 0 Å². The molecule has 154 valence electrons. The van der Waals surface area contributed by atoms with E-state index in [1.807, 2.05) is 18.2 Å². The quantitative estimate of drug-likeness (QED) is 0.690. The smallest absolute Gasteiger partial charge is 0.314 e. The Bertz CT molecular complexity index is 995. The Labute approximate surface area is 171 Å². The van der Waals surface area contributed by atoms with E-state index in [-0.39, 0.29) is 17.4 Å². The zero-order valence-electron chi connectivity index (χ0n) is 16.3. The van der Waals surface area contributed by atoms with E-state index < -0.39 is 21.4 Å². The van der Waals surface area contributed by atoms with Crippen molar-refractivity contribution in [2.75, 3.05) is 6.54 Å². The average molecular weight is 415 g/mol. The molecule has 0 amide bonds. The monoisotopic (exact) mass is 414 g/mol. The van der Waals surface area contributed by atoms with Gasteiger partial charge in [0.15, 0.2) is 0 Å². The van der Waals surface area contributed by atoms with Crippen molar-refractivity contribution in [2.24, 2.45) is 0 Å². The maximum atomic E-state index is 12.9. The third kappa shape index (κ3) is 4.07. The lowest BCUT2D eigenvalue weighted by Gasteiger charge is -2.21. The van der Waals surface area contributed by atoms with Crippen molar-refractivity contribution in [3.63, 3.8) is 0 Å². The van der Waals surface area contributed by atoms with E-state index in [0.717, 1.165) is 42.5 Å². The van der Waals surface area contributed by atoms with Crippen LogP contribution >= 0.6 is 0 Å². The second kappa shape index (κ2) is 7.88. The molecule has 0 unspecified atom stereocenters. The van der Waals surface area contributed by atoms with Crippen LogP contribution in [0.4, 0.5) is 0 Å². The highest BCUT2D eigenvalue weighted by Crippen LogP contribution is 2.52. The molecule has 0 radical (unpaired) electrons. The van der Waals surface area contributed by atoms with Crippen molar-refractivity contribution in [3.05, 3.63) is 59.4 Å². The van der Waals surface area contributed by atoms with Crippen LogP contribution in [0, 0.1) is 0 Å². The molecule has 0 bridgehead atoms. The summed E-state index contributed by atoms with van der Waals surface area (Å²) in [6, 6.07) is 10.6. The molecule has 1 heterocycles. The van der Waals surface area contributed by atoms with Gasteiger partial charge in [0.25, 0.3) is 0 Å². The van der Waals surface area contributed by atoms with Crippen LogP contribution in [0.2, 0.25) is 0 Å². The molecule has 2 aromatic rings. The van der Waals surface area contributed by atoms with Crippen LogP contribution in [-0.4, -0.2) is 31.0 Å². The maximum Gasteiger partial charge on any atom is 0.314 e. The molecule has 4 rings (SSSR count). The Morgan fingerprint density at radius 3 is 2.55 bits per heavy atom. The number of nitrogens with zero attached hydrogens (tertiary/aromatic N) is 1. The van der Waals surface area contributed by atoms with Crippen LogP contribution < -0.4 is 4.72 Å². The molecule has 2 aliphatic rings.